The van der Waals surface area contributed by atoms with Crippen molar-refractivity contribution in [3.63, 3.8) is 0 Å². The number of thioether (sulfide) groups is 1. The molecule has 3 rings (SSSR count). The van der Waals surface area contributed by atoms with Crippen molar-refractivity contribution in [3.8, 4) is 0 Å². The third-order valence-electron chi connectivity index (χ3n) is 5.97. The maximum Gasteiger partial charge on any atom is 0.253 e. The maximum absolute atomic E-state index is 13.0. The van der Waals surface area contributed by atoms with Gasteiger partial charge in [-0.25, -0.2) is 8.42 Å². The first kappa shape index (κ1) is 22.6. The number of carbonyl (C=O) groups is 1. The van der Waals surface area contributed by atoms with Gasteiger partial charge in [-0.15, -0.1) is 0 Å². The van der Waals surface area contributed by atoms with Crippen molar-refractivity contribution in [2.24, 2.45) is 0 Å². The number of nitrogens with zero attached hydrogens (tertiary/aromatic N) is 3. The van der Waals surface area contributed by atoms with Crippen molar-refractivity contribution < 1.29 is 13.2 Å². The van der Waals surface area contributed by atoms with Gasteiger partial charge in [0.2, 0.25) is 10.0 Å². The number of benzene rings is 1. The van der Waals surface area contributed by atoms with Gasteiger partial charge >= 0.3 is 0 Å². The highest BCUT2D eigenvalue weighted by atomic mass is 32.2. The molecule has 0 aromatic heterocycles. The van der Waals surface area contributed by atoms with Crippen LogP contribution in [-0.4, -0.2) is 85.2 Å². The van der Waals surface area contributed by atoms with Gasteiger partial charge in [0.25, 0.3) is 5.91 Å². The van der Waals surface area contributed by atoms with E-state index < -0.39 is 10.0 Å². The number of carbonyl (C=O) groups excluding carboxylic acids is 1. The highest BCUT2D eigenvalue weighted by molar-refractivity contribution is 7.99. The van der Waals surface area contributed by atoms with Crippen LogP contribution >= 0.6 is 11.8 Å². The summed E-state index contributed by atoms with van der Waals surface area (Å²) >= 11 is 2.04. The van der Waals surface area contributed by atoms with Gasteiger partial charge < -0.3 is 4.90 Å². The predicted octanol–water partition coefficient (Wildman–Crippen LogP) is 2.76. The molecule has 2 heterocycles. The van der Waals surface area contributed by atoms with Gasteiger partial charge in [-0.1, -0.05) is 13.8 Å². The number of hydrogen-bond donors (Lipinski definition) is 0. The van der Waals surface area contributed by atoms with Crippen LogP contribution in [0.3, 0.4) is 0 Å². The molecular weight excluding hydrogens is 406 g/mol. The van der Waals surface area contributed by atoms with Gasteiger partial charge in [0, 0.05) is 50.9 Å². The van der Waals surface area contributed by atoms with E-state index in [1.54, 1.807) is 24.3 Å². The van der Waals surface area contributed by atoms with Crippen molar-refractivity contribution in [1.29, 1.82) is 0 Å². The van der Waals surface area contributed by atoms with Crippen LogP contribution < -0.4 is 0 Å². The van der Waals surface area contributed by atoms with E-state index in [-0.39, 0.29) is 10.8 Å². The highest BCUT2D eigenvalue weighted by Gasteiger charge is 2.26. The first-order valence-electron chi connectivity index (χ1n) is 10.7. The fourth-order valence-corrected chi connectivity index (χ4v) is 6.76. The summed E-state index contributed by atoms with van der Waals surface area (Å²) in [6.07, 6.45) is 3.49. The summed E-state index contributed by atoms with van der Waals surface area (Å²) < 4.78 is 26.7. The second-order valence-electron chi connectivity index (χ2n) is 7.64. The summed E-state index contributed by atoms with van der Waals surface area (Å²) in [5.74, 6) is 2.48. The summed E-state index contributed by atoms with van der Waals surface area (Å²) in [4.78, 5) is 17.7. The molecule has 0 unspecified atom stereocenters. The Hall–Kier alpha value is -1.09. The lowest BCUT2D eigenvalue weighted by Crippen LogP contribution is -2.41. The largest absolute Gasteiger partial charge is 0.337 e. The molecule has 29 heavy (non-hydrogen) atoms. The van der Waals surface area contributed by atoms with Crippen LogP contribution in [0.4, 0.5) is 0 Å². The van der Waals surface area contributed by atoms with Crippen molar-refractivity contribution in [2.45, 2.75) is 44.0 Å². The number of amides is 1. The minimum absolute atomic E-state index is 0.00200. The Balaban J connectivity index is 1.64. The molecule has 0 atom stereocenters. The Labute approximate surface area is 179 Å². The lowest BCUT2D eigenvalue weighted by Gasteiger charge is -2.33. The fraction of sp³-hybridized carbons (Fsp3) is 0.667. The second-order valence-corrected chi connectivity index (χ2v) is 10.8. The van der Waals surface area contributed by atoms with Crippen LogP contribution in [-0.2, 0) is 10.0 Å². The lowest BCUT2D eigenvalue weighted by molar-refractivity contribution is 0.0757. The normalized spacial score (nSPS) is 20.0. The van der Waals surface area contributed by atoms with Crippen LogP contribution in [0.1, 0.15) is 43.5 Å². The average molecular weight is 440 g/mol. The van der Waals surface area contributed by atoms with E-state index in [9.17, 15) is 13.2 Å². The fourth-order valence-electron chi connectivity index (χ4n) is 4.22. The van der Waals surface area contributed by atoms with Gasteiger partial charge in [0.15, 0.2) is 0 Å². The van der Waals surface area contributed by atoms with Crippen LogP contribution in [0, 0.1) is 0 Å². The third kappa shape index (κ3) is 5.34. The molecule has 0 aliphatic carbocycles. The zero-order chi connectivity index (χ0) is 20.9. The molecular formula is C21H33N3O3S2. The van der Waals surface area contributed by atoms with Gasteiger partial charge in [-0.3, -0.25) is 9.69 Å². The molecule has 0 spiro atoms. The van der Waals surface area contributed by atoms with Crippen LogP contribution in [0.25, 0.3) is 0 Å². The summed E-state index contributed by atoms with van der Waals surface area (Å²) in [5, 5.41) is 0. The molecule has 0 saturated carbocycles. The van der Waals surface area contributed by atoms with Gasteiger partial charge in [0.1, 0.15) is 0 Å². The summed E-state index contributed by atoms with van der Waals surface area (Å²) in [5.41, 5.74) is 0.561. The Morgan fingerprint density at radius 1 is 1.03 bits per heavy atom. The molecule has 0 bridgehead atoms. The predicted molar refractivity (Wildman–Crippen MR) is 119 cm³/mol. The molecule has 2 saturated heterocycles. The molecule has 8 heteroatoms. The van der Waals surface area contributed by atoms with Crippen LogP contribution in [0.15, 0.2) is 29.2 Å². The summed E-state index contributed by atoms with van der Waals surface area (Å²) in [7, 11) is -3.49. The maximum atomic E-state index is 13.0. The van der Waals surface area contributed by atoms with Gasteiger partial charge in [-0.05, 0) is 55.0 Å². The van der Waals surface area contributed by atoms with Gasteiger partial charge in [-0.2, -0.15) is 16.1 Å². The van der Waals surface area contributed by atoms with E-state index in [0.29, 0.717) is 24.7 Å². The van der Waals surface area contributed by atoms with Crippen LogP contribution in [0.2, 0.25) is 0 Å². The Bertz CT molecular complexity index is 773. The first-order chi connectivity index (χ1) is 14.0. The van der Waals surface area contributed by atoms with Crippen molar-refractivity contribution in [2.75, 3.05) is 50.8 Å². The number of rotatable bonds is 6. The van der Waals surface area contributed by atoms with E-state index in [0.717, 1.165) is 32.6 Å². The highest BCUT2D eigenvalue weighted by Crippen LogP contribution is 2.23. The van der Waals surface area contributed by atoms with E-state index in [1.165, 1.54) is 28.7 Å². The van der Waals surface area contributed by atoms with Crippen LogP contribution in [0.5, 0.6) is 0 Å². The molecule has 1 aromatic carbocycles. The minimum Gasteiger partial charge on any atom is -0.337 e. The summed E-state index contributed by atoms with van der Waals surface area (Å²) in [6.45, 7) is 8.00. The van der Waals surface area contributed by atoms with E-state index in [1.807, 2.05) is 30.5 Å². The molecule has 2 aliphatic heterocycles. The standard InChI is InChI=1S/C21H33N3O3S2/c1-3-24(4-2)29(26,27)20-8-6-18(7-9-20)21(25)23-13-5-12-22(14-15-23)19-10-16-28-17-11-19/h6-9,19H,3-5,10-17H2,1-2H3. The SMILES string of the molecule is CCN(CC)S(=O)(=O)c1ccc(C(=O)N2CCCN(C3CCSCC3)CC2)cc1. The molecule has 1 amide bonds. The zero-order valence-corrected chi connectivity index (χ0v) is 19.2. The Morgan fingerprint density at radius 2 is 1.69 bits per heavy atom. The monoisotopic (exact) mass is 439 g/mol. The van der Waals surface area contributed by atoms with Crippen molar-refractivity contribution in [1.82, 2.24) is 14.1 Å². The Morgan fingerprint density at radius 3 is 2.31 bits per heavy atom. The van der Waals surface area contributed by atoms with Crippen molar-refractivity contribution in [3.05, 3.63) is 29.8 Å². The van der Waals surface area contributed by atoms with E-state index >= 15 is 0 Å². The van der Waals surface area contributed by atoms with E-state index in [2.05, 4.69) is 4.90 Å². The molecule has 2 fully saturated rings. The summed E-state index contributed by atoms with van der Waals surface area (Å²) in [6, 6.07) is 7.09. The van der Waals surface area contributed by atoms with Crippen molar-refractivity contribution >= 4 is 27.7 Å². The molecule has 2 aliphatic rings. The smallest absolute Gasteiger partial charge is 0.253 e. The molecule has 1 aromatic rings. The molecule has 0 radical (unpaired) electrons. The number of hydrogen-bond acceptors (Lipinski definition) is 5. The molecule has 6 nitrogen and oxygen atoms in total. The molecule has 162 valence electrons. The average Bonchev–Trinajstić information content (AvgIpc) is 3.01. The Kier molecular flexibility index (Phi) is 8.01. The lowest BCUT2D eigenvalue weighted by atomic mass is 10.1. The second kappa shape index (κ2) is 10.3. The third-order valence-corrected chi connectivity index (χ3v) is 9.08. The zero-order valence-electron chi connectivity index (χ0n) is 17.5. The first-order valence-corrected chi connectivity index (χ1v) is 13.3. The quantitative estimate of drug-likeness (QED) is 0.682. The molecule has 0 N–H and O–H groups in total. The van der Waals surface area contributed by atoms with Gasteiger partial charge in [0.05, 0.1) is 4.90 Å². The van der Waals surface area contributed by atoms with E-state index in [4.69, 9.17) is 0 Å². The minimum atomic E-state index is -3.49. The topological polar surface area (TPSA) is 60.9 Å². The number of sulfonamides is 1.